The molecular weight excluding hydrogens is 410 g/mol. The van der Waals surface area contributed by atoms with Gasteiger partial charge in [0, 0.05) is 29.2 Å². The van der Waals surface area contributed by atoms with Crippen molar-refractivity contribution >= 4 is 11.8 Å². The topological polar surface area (TPSA) is 96.5 Å². The number of para-hydroxylation sites is 1. The van der Waals surface area contributed by atoms with Crippen LogP contribution in [0.2, 0.25) is 0 Å². The van der Waals surface area contributed by atoms with Crippen LogP contribution in [0.5, 0.6) is 11.5 Å². The Morgan fingerprint density at radius 2 is 1.84 bits per heavy atom. The zero-order valence-electron chi connectivity index (χ0n) is 17.9. The Hall–Kier alpha value is -4.20. The number of carbonyl (C=O) groups is 2. The maximum atomic E-state index is 12.8. The molecule has 8 nitrogen and oxygen atoms in total. The predicted octanol–water partition coefficient (Wildman–Crippen LogP) is 4.62. The van der Waals surface area contributed by atoms with Crippen molar-refractivity contribution in [2.24, 2.45) is 0 Å². The van der Waals surface area contributed by atoms with Gasteiger partial charge < -0.3 is 14.0 Å². The van der Waals surface area contributed by atoms with Crippen molar-refractivity contribution in [1.82, 2.24) is 14.7 Å². The summed E-state index contributed by atoms with van der Waals surface area (Å²) < 4.78 is 18.0. The molecule has 0 aliphatic rings. The minimum atomic E-state index is -0.654. The summed E-state index contributed by atoms with van der Waals surface area (Å²) in [6, 6.07) is 13.7. The summed E-state index contributed by atoms with van der Waals surface area (Å²) in [6.07, 6.45) is 3.16. The molecule has 3 aromatic heterocycles. The van der Waals surface area contributed by atoms with Crippen LogP contribution in [0.15, 0.2) is 65.4 Å². The normalized spacial score (nSPS) is 10.7. The molecule has 0 saturated heterocycles. The maximum Gasteiger partial charge on any atom is 0.342 e. The first-order chi connectivity index (χ1) is 15.4. The van der Waals surface area contributed by atoms with E-state index in [0.29, 0.717) is 34.3 Å². The van der Waals surface area contributed by atoms with Gasteiger partial charge >= 0.3 is 5.97 Å². The fourth-order valence-corrected chi connectivity index (χ4v) is 3.40. The Bertz CT molecular complexity index is 1270. The molecular formula is C24H21N3O5. The van der Waals surface area contributed by atoms with Crippen molar-refractivity contribution in [3.05, 3.63) is 89.2 Å². The van der Waals surface area contributed by atoms with Crippen LogP contribution in [0.4, 0.5) is 0 Å². The molecule has 8 heteroatoms. The number of aryl methyl sites for hydroxylation is 2. The molecule has 3 heterocycles. The van der Waals surface area contributed by atoms with Crippen LogP contribution >= 0.6 is 0 Å². The van der Waals surface area contributed by atoms with Crippen LogP contribution in [0.3, 0.4) is 0 Å². The van der Waals surface area contributed by atoms with Gasteiger partial charge in [-0.2, -0.15) is 0 Å². The second-order valence-electron chi connectivity index (χ2n) is 7.20. The lowest BCUT2D eigenvalue weighted by molar-refractivity contribution is 0.0472. The highest BCUT2D eigenvalue weighted by atomic mass is 16.5. The number of hydrogen-bond donors (Lipinski definition) is 0. The molecule has 0 N–H and O–H groups in total. The van der Waals surface area contributed by atoms with E-state index >= 15 is 0 Å². The summed E-state index contributed by atoms with van der Waals surface area (Å²) in [5.74, 6) is 1.09. The van der Waals surface area contributed by atoms with Gasteiger partial charge in [0.15, 0.2) is 12.4 Å². The Balaban J connectivity index is 1.48. The van der Waals surface area contributed by atoms with Crippen molar-refractivity contribution in [2.75, 3.05) is 6.61 Å². The summed E-state index contributed by atoms with van der Waals surface area (Å²) in [7, 11) is 0. The first-order valence-corrected chi connectivity index (χ1v) is 9.94. The molecule has 0 aliphatic heterocycles. The highest BCUT2D eigenvalue weighted by Gasteiger charge is 2.21. The molecule has 0 radical (unpaired) electrons. The average Bonchev–Trinajstić information content (AvgIpc) is 3.34. The predicted molar refractivity (Wildman–Crippen MR) is 115 cm³/mol. The lowest BCUT2D eigenvalue weighted by atomic mass is 10.1. The number of pyridine rings is 1. The number of nitrogens with zero attached hydrogens (tertiary/aromatic N) is 3. The first-order valence-electron chi connectivity index (χ1n) is 9.94. The molecule has 0 unspecified atom stereocenters. The van der Waals surface area contributed by atoms with Gasteiger partial charge in [-0.05, 0) is 51.1 Å². The smallest absolute Gasteiger partial charge is 0.342 e. The van der Waals surface area contributed by atoms with Crippen molar-refractivity contribution in [2.45, 2.75) is 20.8 Å². The molecule has 0 aliphatic carbocycles. The van der Waals surface area contributed by atoms with Gasteiger partial charge in [-0.25, -0.2) is 4.79 Å². The van der Waals surface area contributed by atoms with Crippen LogP contribution in [-0.2, 0) is 4.74 Å². The zero-order chi connectivity index (χ0) is 22.7. The van der Waals surface area contributed by atoms with Crippen LogP contribution < -0.4 is 4.74 Å². The van der Waals surface area contributed by atoms with E-state index in [9.17, 15) is 9.59 Å². The molecule has 0 fully saturated rings. The molecule has 32 heavy (non-hydrogen) atoms. The molecule has 0 amide bonds. The third-order valence-electron chi connectivity index (χ3n) is 4.88. The Kier molecular flexibility index (Phi) is 5.85. The number of hydrogen-bond acceptors (Lipinski definition) is 7. The Morgan fingerprint density at radius 1 is 1.03 bits per heavy atom. The monoisotopic (exact) mass is 431 g/mol. The first kappa shape index (κ1) is 21.0. The van der Waals surface area contributed by atoms with Crippen LogP contribution in [0.1, 0.15) is 37.9 Å². The molecule has 0 spiro atoms. The zero-order valence-corrected chi connectivity index (χ0v) is 17.9. The van der Waals surface area contributed by atoms with E-state index < -0.39 is 12.6 Å². The van der Waals surface area contributed by atoms with E-state index in [1.54, 1.807) is 61.7 Å². The van der Waals surface area contributed by atoms with Gasteiger partial charge in [-0.3, -0.25) is 14.3 Å². The summed E-state index contributed by atoms with van der Waals surface area (Å²) >= 11 is 0. The fraction of sp³-hybridized carbons (Fsp3) is 0.167. The van der Waals surface area contributed by atoms with E-state index in [1.807, 2.05) is 18.4 Å². The molecule has 0 atom stereocenters. The molecule has 4 aromatic rings. The van der Waals surface area contributed by atoms with E-state index in [1.165, 1.54) is 6.20 Å². The van der Waals surface area contributed by atoms with Gasteiger partial charge in [-0.15, -0.1) is 0 Å². The van der Waals surface area contributed by atoms with Crippen molar-refractivity contribution in [1.29, 1.82) is 0 Å². The van der Waals surface area contributed by atoms with E-state index in [4.69, 9.17) is 14.0 Å². The number of ether oxygens (including phenoxy) is 2. The number of Topliss-reactive ketones (excluding diaryl/α,β-unsaturated/α-hetero) is 1. The highest BCUT2D eigenvalue weighted by Crippen LogP contribution is 2.26. The second-order valence-corrected chi connectivity index (χ2v) is 7.20. The third kappa shape index (κ3) is 4.29. The van der Waals surface area contributed by atoms with E-state index in [0.717, 1.165) is 5.69 Å². The number of carbonyl (C=O) groups excluding carboxylic acids is 2. The summed E-state index contributed by atoms with van der Waals surface area (Å²) in [6.45, 7) is 5.07. The molecule has 0 bridgehead atoms. The number of benzene rings is 1. The van der Waals surface area contributed by atoms with Crippen molar-refractivity contribution in [3.8, 4) is 17.3 Å². The van der Waals surface area contributed by atoms with Crippen LogP contribution in [0.25, 0.3) is 5.82 Å². The van der Waals surface area contributed by atoms with Crippen LogP contribution in [0, 0.1) is 20.8 Å². The molecule has 162 valence electrons. The van der Waals surface area contributed by atoms with Gasteiger partial charge in [0.2, 0.25) is 5.78 Å². The summed E-state index contributed by atoms with van der Waals surface area (Å²) in [4.78, 5) is 29.5. The van der Waals surface area contributed by atoms with Crippen molar-refractivity contribution < 1.29 is 23.6 Å². The lowest BCUT2D eigenvalue weighted by Crippen LogP contribution is -2.15. The number of aromatic nitrogens is 3. The van der Waals surface area contributed by atoms with E-state index in [2.05, 4.69) is 10.1 Å². The number of ketones is 1. The average molecular weight is 431 g/mol. The Labute approximate surface area is 184 Å². The molecule has 4 rings (SSSR count). The third-order valence-corrected chi connectivity index (χ3v) is 4.88. The molecule has 0 saturated carbocycles. The maximum absolute atomic E-state index is 12.8. The van der Waals surface area contributed by atoms with Gasteiger partial charge in [-0.1, -0.05) is 17.3 Å². The second kappa shape index (κ2) is 8.89. The number of rotatable bonds is 7. The minimum absolute atomic E-state index is 0.215. The summed E-state index contributed by atoms with van der Waals surface area (Å²) in [5.41, 5.74) is 2.18. The molecule has 1 aromatic carbocycles. The standard InChI is InChI=1S/C24H21N3O5/c1-15-11-20(17(3)27(15)23-12-16(2)32-26-23)21(28)14-30-24(29)19-8-4-5-9-22(19)31-18-7-6-10-25-13-18/h4-13H,14H2,1-3H3. The minimum Gasteiger partial charge on any atom is -0.455 e. The van der Waals surface area contributed by atoms with Gasteiger partial charge in [0.05, 0.1) is 6.20 Å². The Morgan fingerprint density at radius 3 is 2.56 bits per heavy atom. The largest absolute Gasteiger partial charge is 0.455 e. The quantitative estimate of drug-likeness (QED) is 0.311. The van der Waals surface area contributed by atoms with Gasteiger partial charge in [0.1, 0.15) is 22.8 Å². The fourth-order valence-electron chi connectivity index (χ4n) is 3.40. The number of esters is 1. The van der Waals surface area contributed by atoms with E-state index in [-0.39, 0.29) is 11.3 Å². The summed E-state index contributed by atoms with van der Waals surface area (Å²) in [5, 5.41) is 4.01. The highest BCUT2D eigenvalue weighted by molar-refractivity contribution is 6.01. The van der Waals surface area contributed by atoms with Crippen LogP contribution in [-0.4, -0.2) is 33.1 Å². The van der Waals surface area contributed by atoms with Crippen molar-refractivity contribution in [3.63, 3.8) is 0 Å². The lowest BCUT2D eigenvalue weighted by Gasteiger charge is -2.10. The SMILES string of the molecule is Cc1cc(-n2c(C)cc(C(=O)COC(=O)c3ccccc3Oc3cccnc3)c2C)no1. The van der Waals surface area contributed by atoms with Gasteiger partial charge in [0.25, 0.3) is 0 Å².